The maximum absolute atomic E-state index is 8.60. The van der Waals surface area contributed by atoms with Crippen molar-refractivity contribution in [1.82, 2.24) is 0 Å². The molecule has 1 aromatic rings. The van der Waals surface area contributed by atoms with E-state index in [0.717, 1.165) is 29.9 Å². The molecule has 4 N–H and O–H groups in total. The molecule has 0 fully saturated rings. The molecule has 13 heavy (non-hydrogen) atoms. The van der Waals surface area contributed by atoms with Crippen LogP contribution in [-0.4, -0.2) is 18.3 Å². The molecule has 72 valence electrons. The standard InChI is InChI=1S/C10H16N2O/c1-8-4-2-5-9(10(8)11)12-6-3-7-13/h2,4-5,12-13H,3,6-7,11H2,1H3. The molecular formula is C10H16N2O. The molecular weight excluding hydrogens is 164 g/mol. The number of benzene rings is 1. The van der Waals surface area contributed by atoms with E-state index >= 15 is 0 Å². The van der Waals surface area contributed by atoms with Gasteiger partial charge < -0.3 is 16.2 Å². The Bertz CT molecular complexity index is 274. The van der Waals surface area contributed by atoms with Gasteiger partial charge in [-0.2, -0.15) is 0 Å². The van der Waals surface area contributed by atoms with E-state index in [-0.39, 0.29) is 6.61 Å². The first-order chi connectivity index (χ1) is 6.25. The lowest BCUT2D eigenvalue weighted by Gasteiger charge is -2.09. The fourth-order valence-corrected chi connectivity index (χ4v) is 1.14. The summed E-state index contributed by atoms with van der Waals surface area (Å²) in [5, 5.41) is 11.8. The van der Waals surface area contributed by atoms with E-state index < -0.39 is 0 Å². The van der Waals surface area contributed by atoms with E-state index in [4.69, 9.17) is 10.8 Å². The van der Waals surface area contributed by atoms with Gasteiger partial charge in [-0.05, 0) is 25.0 Å². The Morgan fingerprint density at radius 1 is 1.46 bits per heavy atom. The molecule has 0 saturated heterocycles. The number of aryl methyl sites for hydroxylation is 1. The van der Waals surface area contributed by atoms with Gasteiger partial charge in [0.05, 0.1) is 11.4 Å². The Kier molecular flexibility index (Phi) is 3.58. The monoisotopic (exact) mass is 180 g/mol. The van der Waals surface area contributed by atoms with Crippen LogP contribution in [0.3, 0.4) is 0 Å². The van der Waals surface area contributed by atoms with Gasteiger partial charge in [0.15, 0.2) is 0 Å². The minimum atomic E-state index is 0.207. The fraction of sp³-hybridized carbons (Fsp3) is 0.400. The fourth-order valence-electron chi connectivity index (χ4n) is 1.14. The highest BCUT2D eigenvalue weighted by Gasteiger charge is 1.99. The van der Waals surface area contributed by atoms with Crippen LogP contribution in [0.1, 0.15) is 12.0 Å². The number of aliphatic hydroxyl groups excluding tert-OH is 1. The second-order valence-corrected chi connectivity index (χ2v) is 3.04. The molecule has 0 saturated carbocycles. The Morgan fingerprint density at radius 2 is 2.23 bits per heavy atom. The van der Waals surface area contributed by atoms with E-state index in [9.17, 15) is 0 Å². The van der Waals surface area contributed by atoms with E-state index in [1.165, 1.54) is 0 Å². The van der Waals surface area contributed by atoms with Gasteiger partial charge in [0.25, 0.3) is 0 Å². The first-order valence-corrected chi connectivity index (χ1v) is 4.45. The summed E-state index contributed by atoms with van der Waals surface area (Å²) >= 11 is 0. The third kappa shape index (κ3) is 2.63. The number of anilines is 2. The number of nitrogens with two attached hydrogens (primary N) is 1. The van der Waals surface area contributed by atoms with Crippen LogP contribution in [0.5, 0.6) is 0 Å². The molecule has 0 unspecified atom stereocenters. The van der Waals surface area contributed by atoms with Crippen LogP contribution in [-0.2, 0) is 0 Å². The van der Waals surface area contributed by atoms with Crippen LogP contribution in [0.25, 0.3) is 0 Å². The minimum Gasteiger partial charge on any atom is -0.397 e. The number of rotatable bonds is 4. The summed E-state index contributed by atoms with van der Waals surface area (Å²) in [5.74, 6) is 0. The van der Waals surface area contributed by atoms with Crippen LogP contribution in [0.4, 0.5) is 11.4 Å². The average molecular weight is 180 g/mol. The van der Waals surface area contributed by atoms with Gasteiger partial charge in [0, 0.05) is 13.2 Å². The lowest BCUT2D eigenvalue weighted by atomic mass is 10.2. The minimum absolute atomic E-state index is 0.207. The molecule has 0 aliphatic carbocycles. The van der Waals surface area contributed by atoms with Crippen molar-refractivity contribution in [3.05, 3.63) is 23.8 Å². The molecule has 0 radical (unpaired) electrons. The molecule has 0 aliphatic heterocycles. The summed E-state index contributed by atoms with van der Waals surface area (Å²) in [6.45, 7) is 2.94. The van der Waals surface area contributed by atoms with E-state index in [1.54, 1.807) is 0 Å². The summed E-state index contributed by atoms with van der Waals surface area (Å²) in [6, 6.07) is 5.89. The summed E-state index contributed by atoms with van der Waals surface area (Å²) in [4.78, 5) is 0. The van der Waals surface area contributed by atoms with Crippen LogP contribution < -0.4 is 11.1 Å². The summed E-state index contributed by atoms with van der Waals surface area (Å²) in [5.41, 5.74) is 8.66. The quantitative estimate of drug-likeness (QED) is 0.484. The normalized spacial score (nSPS) is 10.0. The second kappa shape index (κ2) is 4.72. The maximum atomic E-state index is 8.60. The third-order valence-corrected chi connectivity index (χ3v) is 1.97. The van der Waals surface area contributed by atoms with Gasteiger partial charge in [-0.3, -0.25) is 0 Å². The number of para-hydroxylation sites is 1. The number of hydrogen-bond donors (Lipinski definition) is 3. The zero-order valence-electron chi connectivity index (χ0n) is 7.88. The molecule has 0 heterocycles. The zero-order chi connectivity index (χ0) is 9.68. The molecule has 0 aromatic heterocycles. The second-order valence-electron chi connectivity index (χ2n) is 3.04. The number of aliphatic hydroxyl groups is 1. The van der Waals surface area contributed by atoms with Crippen LogP contribution in [0.15, 0.2) is 18.2 Å². The van der Waals surface area contributed by atoms with Crippen molar-refractivity contribution in [3.63, 3.8) is 0 Å². The van der Waals surface area contributed by atoms with Gasteiger partial charge in [-0.15, -0.1) is 0 Å². The molecule has 0 spiro atoms. The predicted octanol–water partition coefficient (Wildman–Crippen LogP) is 1.37. The van der Waals surface area contributed by atoms with Gasteiger partial charge in [-0.25, -0.2) is 0 Å². The summed E-state index contributed by atoms with van der Waals surface area (Å²) in [7, 11) is 0. The highest BCUT2D eigenvalue weighted by molar-refractivity contribution is 5.69. The predicted molar refractivity (Wildman–Crippen MR) is 55.8 cm³/mol. The molecule has 0 amide bonds. The average Bonchev–Trinajstić information content (AvgIpc) is 2.13. The van der Waals surface area contributed by atoms with Gasteiger partial charge in [0.1, 0.15) is 0 Å². The highest BCUT2D eigenvalue weighted by atomic mass is 16.3. The highest BCUT2D eigenvalue weighted by Crippen LogP contribution is 2.21. The van der Waals surface area contributed by atoms with Crippen molar-refractivity contribution >= 4 is 11.4 Å². The molecule has 0 atom stereocenters. The van der Waals surface area contributed by atoms with E-state index in [0.29, 0.717) is 0 Å². The van der Waals surface area contributed by atoms with Crippen LogP contribution >= 0.6 is 0 Å². The van der Waals surface area contributed by atoms with Crippen molar-refractivity contribution < 1.29 is 5.11 Å². The Balaban J connectivity index is 2.61. The molecule has 0 aliphatic rings. The SMILES string of the molecule is Cc1cccc(NCCCO)c1N. The van der Waals surface area contributed by atoms with Crippen molar-refractivity contribution in [1.29, 1.82) is 0 Å². The number of hydrogen-bond acceptors (Lipinski definition) is 3. The Labute approximate surface area is 78.6 Å². The first-order valence-electron chi connectivity index (χ1n) is 4.45. The topological polar surface area (TPSA) is 58.3 Å². The van der Waals surface area contributed by atoms with Gasteiger partial charge >= 0.3 is 0 Å². The Hall–Kier alpha value is -1.22. The van der Waals surface area contributed by atoms with Crippen molar-refractivity contribution in [2.45, 2.75) is 13.3 Å². The zero-order valence-corrected chi connectivity index (χ0v) is 7.88. The molecule has 0 bridgehead atoms. The molecule has 1 aromatic carbocycles. The van der Waals surface area contributed by atoms with Crippen molar-refractivity contribution in [2.75, 3.05) is 24.2 Å². The van der Waals surface area contributed by atoms with Crippen molar-refractivity contribution in [2.24, 2.45) is 0 Å². The molecule has 3 nitrogen and oxygen atoms in total. The maximum Gasteiger partial charge on any atom is 0.0579 e. The molecule has 1 rings (SSSR count). The lowest BCUT2D eigenvalue weighted by Crippen LogP contribution is -2.06. The molecule has 3 heteroatoms. The first kappa shape index (κ1) is 9.86. The van der Waals surface area contributed by atoms with Gasteiger partial charge in [0.2, 0.25) is 0 Å². The Morgan fingerprint density at radius 3 is 2.92 bits per heavy atom. The smallest absolute Gasteiger partial charge is 0.0579 e. The largest absolute Gasteiger partial charge is 0.397 e. The van der Waals surface area contributed by atoms with Crippen LogP contribution in [0.2, 0.25) is 0 Å². The van der Waals surface area contributed by atoms with Gasteiger partial charge in [-0.1, -0.05) is 12.1 Å². The summed E-state index contributed by atoms with van der Waals surface area (Å²) < 4.78 is 0. The summed E-state index contributed by atoms with van der Waals surface area (Å²) in [6.07, 6.45) is 0.743. The number of nitrogens with one attached hydrogen (secondary N) is 1. The van der Waals surface area contributed by atoms with Crippen LogP contribution in [0, 0.1) is 6.92 Å². The van der Waals surface area contributed by atoms with E-state index in [2.05, 4.69) is 5.32 Å². The van der Waals surface area contributed by atoms with E-state index in [1.807, 2.05) is 25.1 Å². The lowest BCUT2D eigenvalue weighted by molar-refractivity contribution is 0.292. The van der Waals surface area contributed by atoms with Crippen molar-refractivity contribution in [3.8, 4) is 0 Å². The number of nitrogen functional groups attached to an aromatic ring is 1. The third-order valence-electron chi connectivity index (χ3n) is 1.97.